The number of nitrogens with zero attached hydrogens (tertiary/aromatic N) is 3. The summed E-state index contributed by atoms with van der Waals surface area (Å²) in [5.41, 5.74) is 0.877. The maximum atomic E-state index is 12.4. The zero-order valence-electron chi connectivity index (χ0n) is 11.8. The number of pyridine rings is 1. The Morgan fingerprint density at radius 3 is 2.73 bits per heavy atom. The molecule has 0 bridgehead atoms. The monoisotopic (exact) mass is 311 g/mol. The van der Waals surface area contributed by atoms with Crippen molar-refractivity contribution in [3.05, 3.63) is 54.2 Å². The number of anilines is 1. The molecule has 0 saturated heterocycles. The van der Waals surface area contributed by atoms with Crippen molar-refractivity contribution in [2.75, 3.05) is 11.6 Å². The van der Waals surface area contributed by atoms with Gasteiger partial charge in [-0.1, -0.05) is 30.0 Å². The van der Waals surface area contributed by atoms with Gasteiger partial charge in [0.05, 0.1) is 11.3 Å². The minimum Gasteiger partial charge on any atom is -0.306 e. The van der Waals surface area contributed by atoms with E-state index in [1.165, 1.54) is 11.8 Å². The highest BCUT2D eigenvalue weighted by Crippen LogP contribution is 2.21. The van der Waals surface area contributed by atoms with Gasteiger partial charge < -0.3 is 5.32 Å². The van der Waals surface area contributed by atoms with Crippen LogP contribution in [0.1, 0.15) is 10.4 Å². The average molecular weight is 311 g/mol. The van der Waals surface area contributed by atoms with Crippen LogP contribution < -0.4 is 10.6 Å². The highest BCUT2D eigenvalue weighted by atomic mass is 32.2. The van der Waals surface area contributed by atoms with Crippen molar-refractivity contribution in [1.82, 2.24) is 10.3 Å². The van der Waals surface area contributed by atoms with Crippen LogP contribution in [0.25, 0.3) is 0 Å². The maximum Gasteiger partial charge on any atom is 0.259 e. The van der Waals surface area contributed by atoms with Gasteiger partial charge in [-0.2, -0.15) is 5.26 Å². The normalized spacial score (nSPS) is 10.6. The number of thioether (sulfide) groups is 1. The number of amidine groups is 1. The molecule has 2 aromatic rings. The van der Waals surface area contributed by atoms with Gasteiger partial charge in [0.15, 0.2) is 11.4 Å². The van der Waals surface area contributed by atoms with E-state index in [-0.39, 0.29) is 5.91 Å². The summed E-state index contributed by atoms with van der Waals surface area (Å²) in [4.78, 5) is 20.7. The van der Waals surface area contributed by atoms with Crippen LogP contribution in [0.5, 0.6) is 0 Å². The van der Waals surface area contributed by atoms with Gasteiger partial charge in [0.25, 0.3) is 5.91 Å². The number of nitriles is 1. The third-order valence-electron chi connectivity index (χ3n) is 2.63. The van der Waals surface area contributed by atoms with E-state index in [1.807, 2.05) is 6.19 Å². The fourth-order valence-corrected chi connectivity index (χ4v) is 2.00. The lowest BCUT2D eigenvalue weighted by Gasteiger charge is -2.07. The molecule has 110 valence electrons. The van der Waals surface area contributed by atoms with Crippen LogP contribution in [-0.2, 0) is 0 Å². The predicted molar refractivity (Wildman–Crippen MR) is 88.0 cm³/mol. The number of nitrogens with one attached hydrogen (secondary N) is 2. The van der Waals surface area contributed by atoms with E-state index in [9.17, 15) is 4.79 Å². The molecule has 22 heavy (non-hydrogen) atoms. The SMILES string of the molecule is CSC(=Nc1ccccc1C(=O)Nc1ccccn1)NC#N. The molecule has 0 radical (unpaired) electrons. The van der Waals surface area contributed by atoms with Crippen molar-refractivity contribution in [2.24, 2.45) is 4.99 Å². The first-order valence-electron chi connectivity index (χ1n) is 6.34. The number of aromatic nitrogens is 1. The Labute approximate surface area is 132 Å². The molecule has 0 fully saturated rings. The smallest absolute Gasteiger partial charge is 0.259 e. The van der Waals surface area contributed by atoms with Gasteiger partial charge in [-0.05, 0) is 30.5 Å². The molecule has 7 heteroatoms. The summed E-state index contributed by atoms with van der Waals surface area (Å²) in [5, 5.41) is 14.3. The number of hydrogen-bond donors (Lipinski definition) is 2. The minimum atomic E-state index is -0.310. The Hall–Kier alpha value is -2.85. The second-order valence-corrected chi connectivity index (χ2v) is 4.84. The lowest BCUT2D eigenvalue weighted by Crippen LogP contribution is -2.15. The van der Waals surface area contributed by atoms with E-state index >= 15 is 0 Å². The third kappa shape index (κ3) is 4.07. The number of hydrogen-bond acceptors (Lipinski definition) is 5. The van der Waals surface area contributed by atoms with Crippen LogP contribution in [0, 0.1) is 11.5 Å². The predicted octanol–water partition coefficient (Wildman–Crippen LogP) is 2.76. The number of para-hydroxylation sites is 1. The molecule has 0 unspecified atom stereocenters. The summed E-state index contributed by atoms with van der Waals surface area (Å²) < 4.78 is 0. The lowest BCUT2D eigenvalue weighted by atomic mass is 10.1. The average Bonchev–Trinajstić information content (AvgIpc) is 2.55. The highest BCUT2D eigenvalue weighted by molar-refractivity contribution is 8.13. The van der Waals surface area contributed by atoms with Crippen molar-refractivity contribution in [3.8, 4) is 6.19 Å². The van der Waals surface area contributed by atoms with Crippen LogP contribution in [-0.4, -0.2) is 22.3 Å². The van der Waals surface area contributed by atoms with Gasteiger partial charge in [0.1, 0.15) is 5.82 Å². The molecule has 6 nitrogen and oxygen atoms in total. The maximum absolute atomic E-state index is 12.4. The minimum absolute atomic E-state index is 0.310. The Balaban J connectivity index is 2.28. The number of carbonyl (C=O) groups is 1. The number of amides is 1. The van der Waals surface area contributed by atoms with Crippen molar-refractivity contribution in [3.63, 3.8) is 0 Å². The fourth-order valence-electron chi connectivity index (χ4n) is 1.67. The van der Waals surface area contributed by atoms with Crippen LogP contribution in [0.4, 0.5) is 11.5 Å². The van der Waals surface area contributed by atoms with Gasteiger partial charge in [0, 0.05) is 6.20 Å². The zero-order chi connectivity index (χ0) is 15.8. The topological polar surface area (TPSA) is 90.2 Å². The number of carbonyl (C=O) groups excluding carboxylic acids is 1. The molecule has 0 saturated carbocycles. The van der Waals surface area contributed by atoms with E-state index in [0.717, 1.165) is 0 Å². The van der Waals surface area contributed by atoms with Gasteiger partial charge in [-0.25, -0.2) is 9.98 Å². The molecule has 0 aliphatic heterocycles. The van der Waals surface area contributed by atoms with E-state index in [4.69, 9.17) is 5.26 Å². The Morgan fingerprint density at radius 1 is 1.27 bits per heavy atom. The summed E-state index contributed by atoms with van der Waals surface area (Å²) >= 11 is 1.29. The van der Waals surface area contributed by atoms with Crippen LogP contribution >= 0.6 is 11.8 Å². The molecular weight excluding hydrogens is 298 g/mol. The molecule has 1 heterocycles. The van der Waals surface area contributed by atoms with Crippen molar-refractivity contribution >= 4 is 34.3 Å². The summed E-state index contributed by atoms with van der Waals surface area (Å²) in [6, 6.07) is 12.2. The molecule has 1 amide bonds. The van der Waals surface area contributed by atoms with Crippen molar-refractivity contribution in [1.29, 1.82) is 5.26 Å². The summed E-state index contributed by atoms with van der Waals surface area (Å²) in [6.45, 7) is 0. The van der Waals surface area contributed by atoms with Crippen molar-refractivity contribution < 1.29 is 4.79 Å². The molecule has 2 rings (SSSR count). The molecule has 0 aliphatic rings. The number of benzene rings is 1. The summed E-state index contributed by atoms with van der Waals surface area (Å²) in [5.74, 6) is 0.155. The molecule has 2 N–H and O–H groups in total. The van der Waals surface area contributed by atoms with Gasteiger partial charge in [-0.15, -0.1) is 0 Å². The van der Waals surface area contributed by atoms with Crippen molar-refractivity contribution in [2.45, 2.75) is 0 Å². The van der Waals surface area contributed by atoms with Crippen LogP contribution in [0.3, 0.4) is 0 Å². The molecular formula is C15H13N5OS. The number of aliphatic imine (C=N–C) groups is 1. The molecule has 0 atom stereocenters. The van der Waals surface area contributed by atoms with Crippen LogP contribution in [0.15, 0.2) is 53.7 Å². The lowest BCUT2D eigenvalue weighted by molar-refractivity contribution is 0.102. The van der Waals surface area contributed by atoms with Gasteiger partial charge in [0.2, 0.25) is 0 Å². The van der Waals surface area contributed by atoms with E-state index in [1.54, 1.807) is 54.9 Å². The first-order valence-corrected chi connectivity index (χ1v) is 7.56. The van der Waals surface area contributed by atoms with E-state index < -0.39 is 0 Å². The fraction of sp³-hybridized carbons (Fsp3) is 0.0667. The number of rotatable bonds is 3. The Morgan fingerprint density at radius 2 is 2.05 bits per heavy atom. The van der Waals surface area contributed by atoms with Gasteiger partial charge in [-0.3, -0.25) is 10.1 Å². The Kier molecular flexibility index (Phi) is 5.51. The summed E-state index contributed by atoms with van der Waals surface area (Å²) in [6.07, 6.45) is 5.21. The second-order valence-electron chi connectivity index (χ2n) is 4.04. The Bertz CT molecular complexity index is 724. The first-order chi connectivity index (χ1) is 10.7. The molecule has 1 aromatic heterocycles. The van der Waals surface area contributed by atoms with Crippen LogP contribution in [0.2, 0.25) is 0 Å². The molecule has 1 aromatic carbocycles. The van der Waals surface area contributed by atoms with Gasteiger partial charge >= 0.3 is 0 Å². The zero-order valence-corrected chi connectivity index (χ0v) is 12.6. The molecule has 0 spiro atoms. The largest absolute Gasteiger partial charge is 0.306 e. The quantitative estimate of drug-likeness (QED) is 0.394. The third-order valence-corrected chi connectivity index (χ3v) is 3.21. The van der Waals surface area contributed by atoms with E-state index in [2.05, 4.69) is 20.6 Å². The second kappa shape index (κ2) is 7.81. The molecule has 0 aliphatic carbocycles. The van der Waals surface area contributed by atoms with E-state index in [0.29, 0.717) is 22.2 Å². The summed E-state index contributed by atoms with van der Waals surface area (Å²) in [7, 11) is 0. The highest BCUT2D eigenvalue weighted by Gasteiger charge is 2.12. The first kappa shape index (κ1) is 15.5. The standard InChI is InChI=1S/C15H13N5OS/c1-22-15(18-10-16)19-12-7-3-2-6-11(12)14(21)20-13-8-4-5-9-17-13/h2-9H,1H3,(H,18,19)(H,17,20,21).